The Labute approximate surface area is 75.2 Å². The number of aryl methyl sites for hydroxylation is 1. The average molecular weight is 178 g/mol. The Kier molecular flexibility index (Phi) is 2.80. The van der Waals surface area contributed by atoms with Crippen LogP contribution in [-0.4, -0.2) is 16.1 Å². The minimum absolute atomic E-state index is 0.379. The number of aliphatic imine (C=N–C) groups is 1. The van der Waals surface area contributed by atoms with Gasteiger partial charge in [0, 0.05) is 17.5 Å². The van der Waals surface area contributed by atoms with E-state index >= 15 is 0 Å². The molecule has 4 heteroatoms. The molecule has 0 aliphatic carbocycles. The predicted molar refractivity (Wildman–Crippen MR) is 48.3 cm³/mol. The molecule has 0 atom stereocenters. The van der Waals surface area contributed by atoms with E-state index in [1.165, 1.54) is 0 Å². The maximum atomic E-state index is 11.1. The first kappa shape index (κ1) is 8.71. The highest BCUT2D eigenvalue weighted by Gasteiger charge is 2.02. The Bertz CT molecular complexity index is 356. The average Bonchev–Trinajstić information content (AvgIpc) is 2.05. The van der Waals surface area contributed by atoms with E-state index in [-0.39, 0.29) is 5.91 Å². The van der Waals surface area contributed by atoms with Crippen LogP contribution in [0.15, 0.2) is 23.3 Å². The molecule has 0 saturated heterocycles. The summed E-state index contributed by atoms with van der Waals surface area (Å²) in [6.45, 7) is 1.80. The van der Waals surface area contributed by atoms with Crippen LogP contribution < -0.4 is 0 Å². The standard InChI is InChI=1S/C8H6N2OS/c1-6-4-7(2-3-9-6)8(11)10-5-12/h2-4H,1H3. The lowest BCUT2D eigenvalue weighted by atomic mass is 10.2. The van der Waals surface area contributed by atoms with E-state index < -0.39 is 0 Å². The second-order valence-corrected chi connectivity index (χ2v) is 2.38. The van der Waals surface area contributed by atoms with Gasteiger partial charge in [-0.2, -0.15) is 4.99 Å². The van der Waals surface area contributed by atoms with Gasteiger partial charge in [0.15, 0.2) is 0 Å². The molecular weight excluding hydrogens is 172 g/mol. The summed E-state index contributed by atoms with van der Waals surface area (Å²) in [5.41, 5.74) is 1.26. The molecule has 60 valence electrons. The zero-order valence-electron chi connectivity index (χ0n) is 6.44. The fourth-order valence-electron chi connectivity index (χ4n) is 0.785. The highest BCUT2D eigenvalue weighted by atomic mass is 32.1. The van der Waals surface area contributed by atoms with Gasteiger partial charge in [0.1, 0.15) is 0 Å². The minimum Gasteiger partial charge on any atom is -0.266 e. The molecule has 0 aliphatic heterocycles. The molecule has 1 heterocycles. The molecule has 0 unspecified atom stereocenters. The summed E-state index contributed by atoms with van der Waals surface area (Å²) in [7, 11) is 0. The van der Waals surface area contributed by atoms with Crippen LogP contribution in [0.25, 0.3) is 0 Å². The molecule has 3 nitrogen and oxygen atoms in total. The van der Waals surface area contributed by atoms with Crippen molar-refractivity contribution in [2.24, 2.45) is 4.99 Å². The van der Waals surface area contributed by atoms with E-state index in [2.05, 4.69) is 22.2 Å². The van der Waals surface area contributed by atoms with Crippen molar-refractivity contribution in [2.45, 2.75) is 6.92 Å². The third-order valence-electron chi connectivity index (χ3n) is 1.29. The molecule has 0 aromatic carbocycles. The van der Waals surface area contributed by atoms with E-state index in [1.807, 2.05) is 5.16 Å². The Morgan fingerprint density at radius 1 is 1.75 bits per heavy atom. The van der Waals surface area contributed by atoms with Crippen LogP contribution in [0.1, 0.15) is 16.1 Å². The SMILES string of the molecule is Cc1cc(C(=O)N=C=S)ccn1. The third kappa shape index (κ3) is 2.05. The summed E-state index contributed by atoms with van der Waals surface area (Å²) in [4.78, 5) is 18.3. The fourth-order valence-corrected chi connectivity index (χ4v) is 0.868. The van der Waals surface area contributed by atoms with Crippen molar-refractivity contribution in [1.29, 1.82) is 0 Å². The van der Waals surface area contributed by atoms with Gasteiger partial charge in [-0.25, -0.2) is 0 Å². The second kappa shape index (κ2) is 3.85. The molecule has 12 heavy (non-hydrogen) atoms. The van der Waals surface area contributed by atoms with E-state index in [9.17, 15) is 4.79 Å². The number of hydrogen-bond acceptors (Lipinski definition) is 3. The number of hydrogen-bond donors (Lipinski definition) is 0. The topological polar surface area (TPSA) is 42.3 Å². The van der Waals surface area contributed by atoms with Crippen LogP contribution in [0.4, 0.5) is 0 Å². The summed E-state index contributed by atoms with van der Waals surface area (Å²) >= 11 is 4.31. The van der Waals surface area contributed by atoms with Crippen LogP contribution in [-0.2, 0) is 0 Å². The van der Waals surface area contributed by atoms with Gasteiger partial charge in [0.25, 0.3) is 5.91 Å². The smallest absolute Gasteiger partial charge is 0.266 e. The number of rotatable bonds is 1. The summed E-state index contributed by atoms with van der Waals surface area (Å²) in [6, 6.07) is 3.24. The third-order valence-corrected chi connectivity index (χ3v) is 1.38. The van der Waals surface area contributed by atoms with Crippen molar-refractivity contribution < 1.29 is 4.79 Å². The second-order valence-electron chi connectivity index (χ2n) is 2.19. The predicted octanol–water partition coefficient (Wildman–Crippen LogP) is 1.63. The minimum atomic E-state index is -0.379. The van der Waals surface area contributed by atoms with Gasteiger partial charge in [-0.05, 0) is 31.3 Å². The first-order valence-electron chi connectivity index (χ1n) is 3.29. The largest absolute Gasteiger partial charge is 0.285 e. The number of pyridine rings is 1. The number of aromatic nitrogens is 1. The Morgan fingerprint density at radius 3 is 3.08 bits per heavy atom. The highest BCUT2D eigenvalue weighted by Crippen LogP contribution is 2.01. The number of isothiocyanates is 1. The normalized spacial score (nSPS) is 8.75. The number of nitrogens with zero attached hydrogens (tertiary/aromatic N) is 2. The van der Waals surface area contributed by atoms with Gasteiger partial charge in [-0.15, -0.1) is 0 Å². The molecule has 0 spiro atoms. The fraction of sp³-hybridized carbons (Fsp3) is 0.125. The van der Waals surface area contributed by atoms with Crippen molar-refractivity contribution in [1.82, 2.24) is 4.98 Å². The molecule has 0 N–H and O–H groups in total. The van der Waals surface area contributed by atoms with E-state index in [0.29, 0.717) is 5.56 Å². The van der Waals surface area contributed by atoms with Crippen molar-refractivity contribution in [3.05, 3.63) is 29.6 Å². The Balaban J connectivity index is 3.03. The van der Waals surface area contributed by atoms with Crippen molar-refractivity contribution >= 4 is 23.3 Å². The summed E-state index contributed by atoms with van der Waals surface area (Å²) in [5.74, 6) is -0.379. The van der Waals surface area contributed by atoms with Gasteiger partial charge >= 0.3 is 0 Å². The Hall–Kier alpha value is -1.38. The molecule has 1 aromatic rings. The molecule has 0 saturated carbocycles. The number of carbonyl (C=O) groups excluding carboxylic acids is 1. The molecular formula is C8H6N2OS. The molecule has 1 amide bonds. The number of amides is 1. The van der Waals surface area contributed by atoms with Crippen molar-refractivity contribution in [2.75, 3.05) is 0 Å². The zero-order valence-corrected chi connectivity index (χ0v) is 7.26. The molecule has 1 rings (SSSR count). The summed E-state index contributed by atoms with van der Waals surface area (Å²) < 4.78 is 0. The molecule has 0 aliphatic rings. The summed E-state index contributed by atoms with van der Waals surface area (Å²) in [5, 5.41) is 2.02. The van der Waals surface area contributed by atoms with E-state index in [1.54, 1.807) is 25.3 Å². The first-order chi connectivity index (χ1) is 5.74. The monoisotopic (exact) mass is 178 g/mol. The molecule has 1 aromatic heterocycles. The van der Waals surface area contributed by atoms with E-state index in [0.717, 1.165) is 5.69 Å². The van der Waals surface area contributed by atoms with Gasteiger partial charge in [0.2, 0.25) is 0 Å². The summed E-state index contributed by atoms with van der Waals surface area (Å²) in [6.07, 6.45) is 1.56. The lowest BCUT2D eigenvalue weighted by Gasteiger charge is -1.93. The van der Waals surface area contributed by atoms with Crippen molar-refractivity contribution in [3.63, 3.8) is 0 Å². The van der Waals surface area contributed by atoms with Crippen LogP contribution in [0.2, 0.25) is 0 Å². The highest BCUT2D eigenvalue weighted by molar-refractivity contribution is 7.78. The lowest BCUT2D eigenvalue weighted by molar-refractivity contribution is 0.100. The quantitative estimate of drug-likeness (QED) is 0.485. The van der Waals surface area contributed by atoms with Gasteiger partial charge < -0.3 is 0 Å². The maximum absolute atomic E-state index is 11.1. The van der Waals surface area contributed by atoms with Crippen LogP contribution in [0.3, 0.4) is 0 Å². The molecule has 0 fully saturated rings. The number of carbonyl (C=O) groups is 1. The molecule has 0 bridgehead atoms. The van der Waals surface area contributed by atoms with Crippen LogP contribution >= 0.6 is 12.2 Å². The number of thiocarbonyl (C=S) groups is 1. The maximum Gasteiger partial charge on any atom is 0.285 e. The van der Waals surface area contributed by atoms with Crippen LogP contribution in [0, 0.1) is 6.92 Å². The van der Waals surface area contributed by atoms with E-state index in [4.69, 9.17) is 0 Å². The first-order valence-corrected chi connectivity index (χ1v) is 3.69. The van der Waals surface area contributed by atoms with Crippen LogP contribution in [0.5, 0.6) is 0 Å². The lowest BCUT2D eigenvalue weighted by Crippen LogP contribution is -1.95. The molecule has 0 radical (unpaired) electrons. The van der Waals surface area contributed by atoms with Gasteiger partial charge in [0.05, 0.1) is 5.16 Å². The van der Waals surface area contributed by atoms with Gasteiger partial charge in [-0.1, -0.05) is 0 Å². The van der Waals surface area contributed by atoms with Gasteiger partial charge in [-0.3, -0.25) is 9.78 Å². The Morgan fingerprint density at radius 2 is 2.50 bits per heavy atom. The zero-order chi connectivity index (χ0) is 8.97. The van der Waals surface area contributed by atoms with Crippen molar-refractivity contribution in [3.8, 4) is 0 Å².